The van der Waals surface area contributed by atoms with Gasteiger partial charge in [-0.3, -0.25) is 0 Å². The van der Waals surface area contributed by atoms with Gasteiger partial charge in [0.2, 0.25) is 0 Å². The summed E-state index contributed by atoms with van der Waals surface area (Å²) in [6.07, 6.45) is -7.81. The summed E-state index contributed by atoms with van der Waals surface area (Å²) >= 11 is 0. The summed E-state index contributed by atoms with van der Waals surface area (Å²) < 4.78 is 184. The van der Waals surface area contributed by atoms with Crippen molar-refractivity contribution in [2.24, 2.45) is 5.92 Å². The van der Waals surface area contributed by atoms with Gasteiger partial charge in [-0.15, -0.1) is 0 Å². The first-order valence-corrected chi connectivity index (χ1v) is 13.3. The van der Waals surface area contributed by atoms with Crippen molar-refractivity contribution in [3.8, 4) is 0 Å². The first-order valence-electron chi connectivity index (χ1n) is 11.1. The van der Waals surface area contributed by atoms with Crippen molar-refractivity contribution in [2.45, 2.75) is 113 Å². The second-order valence-electron chi connectivity index (χ2n) is 9.93. The second kappa shape index (κ2) is 9.86. The van der Waals surface area contributed by atoms with Crippen LogP contribution in [0, 0.1) is 5.92 Å². The molecular weight excluding hydrogens is 543 g/mol. The predicted octanol–water partition coefficient (Wildman–Crippen LogP) is 9.60. The Morgan fingerprint density at radius 2 is 1.06 bits per heavy atom. The molecule has 0 fully saturated rings. The van der Waals surface area contributed by atoms with Crippen LogP contribution in [0.2, 0.25) is 16.6 Å². The van der Waals surface area contributed by atoms with Gasteiger partial charge in [0.05, 0.1) is 11.7 Å². The molecule has 1 rings (SSSR count). The van der Waals surface area contributed by atoms with E-state index in [-0.39, 0.29) is 29.5 Å². The summed E-state index contributed by atoms with van der Waals surface area (Å²) in [4.78, 5) is 0. The zero-order chi connectivity index (χ0) is 28.9. The minimum atomic E-state index is -7.91. The van der Waals surface area contributed by atoms with Crippen LogP contribution in [0.1, 0.15) is 60.8 Å². The summed E-state index contributed by atoms with van der Waals surface area (Å²) in [5.41, 5.74) is -0.982. The molecule has 1 nitrogen and oxygen atoms in total. The Kier molecular flexibility index (Phi) is 9.01. The maximum Gasteiger partial charge on any atom is 0.460 e. The van der Waals surface area contributed by atoms with Crippen molar-refractivity contribution in [1.82, 2.24) is 0 Å². The summed E-state index contributed by atoms with van der Waals surface area (Å²) in [7, 11) is -3.18. The molecule has 0 aliphatic heterocycles. The third kappa shape index (κ3) is 4.74. The summed E-state index contributed by atoms with van der Waals surface area (Å²) in [5.74, 6) is -40.8. The lowest BCUT2D eigenvalue weighted by molar-refractivity contribution is -0.442. The van der Waals surface area contributed by atoms with Crippen LogP contribution < -0.4 is 0 Å². The van der Waals surface area contributed by atoms with Crippen LogP contribution in [0.5, 0.6) is 0 Å². The number of halogens is 13. The molecule has 214 valence electrons. The minimum Gasteiger partial charge on any atom is -0.546 e. The average Bonchev–Trinajstić information content (AvgIpc) is 2.69. The van der Waals surface area contributed by atoms with E-state index in [1.807, 2.05) is 0 Å². The fraction of sp³-hybridized carbons (Fsp3) is 0.905. The van der Waals surface area contributed by atoms with E-state index < -0.39 is 62.2 Å². The largest absolute Gasteiger partial charge is 0.546 e. The molecule has 0 saturated carbocycles. The standard InChI is InChI=1S/C21H29F13OSi/c1-11(2)36(12(3)4,13(5)6)35-15-10-8-7-9-14(15)16(22,23)17(24,25)18(26,27)19(28,29)20(30,31)21(32,33)34/h10-14H,7-9H2,1-6H3. The number of rotatable bonds is 10. The SMILES string of the molecule is CC(C)[Si](OC1=CCCCC1C(F)(F)C(F)(F)C(F)(F)C(F)(F)C(F)(F)C(F)(F)F)(C(C)C)C(C)C. The van der Waals surface area contributed by atoms with Gasteiger partial charge in [0.25, 0.3) is 8.32 Å². The average molecular weight is 573 g/mol. The third-order valence-electron chi connectivity index (χ3n) is 6.78. The van der Waals surface area contributed by atoms with E-state index in [2.05, 4.69) is 0 Å². The van der Waals surface area contributed by atoms with Crippen molar-refractivity contribution in [3.63, 3.8) is 0 Å². The number of hydrogen-bond acceptors (Lipinski definition) is 1. The van der Waals surface area contributed by atoms with Gasteiger partial charge in [0.1, 0.15) is 0 Å². The van der Waals surface area contributed by atoms with E-state index >= 15 is 8.78 Å². The molecule has 0 aromatic rings. The lowest BCUT2D eigenvalue weighted by Gasteiger charge is -2.47. The number of alkyl halides is 13. The first-order chi connectivity index (χ1) is 15.8. The van der Waals surface area contributed by atoms with Crippen LogP contribution in [0.3, 0.4) is 0 Å². The normalized spacial score (nSPS) is 19.8. The molecule has 0 saturated heterocycles. The molecule has 1 aliphatic carbocycles. The van der Waals surface area contributed by atoms with Gasteiger partial charge in [-0.2, -0.15) is 57.1 Å². The molecule has 0 aromatic carbocycles. The Hall–Kier alpha value is -1.15. The highest BCUT2D eigenvalue weighted by Gasteiger charge is 2.91. The smallest absolute Gasteiger partial charge is 0.460 e. The number of hydrogen-bond donors (Lipinski definition) is 0. The van der Waals surface area contributed by atoms with Crippen LogP contribution in [0.4, 0.5) is 57.1 Å². The van der Waals surface area contributed by atoms with Gasteiger partial charge in [0.15, 0.2) is 0 Å². The molecule has 0 N–H and O–H groups in total. The summed E-state index contributed by atoms with van der Waals surface area (Å²) in [5, 5.41) is 0. The van der Waals surface area contributed by atoms with Gasteiger partial charge in [-0.05, 0) is 42.0 Å². The van der Waals surface area contributed by atoms with Crippen molar-refractivity contribution in [2.75, 3.05) is 0 Å². The van der Waals surface area contributed by atoms with Crippen molar-refractivity contribution in [3.05, 3.63) is 11.8 Å². The van der Waals surface area contributed by atoms with Crippen LogP contribution in [-0.4, -0.2) is 44.1 Å². The van der Waals surface area contributed by atoms with Gasteiger partial charge in [-0.25, -0.2) is 0 Å². The van der Waals surface area contributed by atoms with E-state index in [1.165, 1.54) is 0 Å². The fourth-order valence-electron chi connectivity index (χ4n) is 4.88. The molecule has 0 spiro atoms. The van der Waals surface area contributed by atoms with Crippen LogP contribution in [0.15, 0.2) is 11.8 Å². The highest BCUT2D eigenvalue weighted by molar-refractivity contribution is 6.77. The van der Waals surface area contributed by atoms with Gasteiger partial charge < -0.3 is 4.43 Å². The molecule has 0 heterocycles. The second-order valence-corrected chi connectivity index (χ2v) is 15.3. The van der Waals surface area contributed by atoms with E-state index in [4.69, 9.17) is 4.43 Å². The van der Waals surface area contributed by atoms with Crippen LogP contribution in [-0.2, 0) is 4.43 Å². The van der Waals surface area contributed by atoms with E-state index in [0.717, 1.165) is 6.08 Å². The molecule has 0 bridgehead atoms. The lowest BCUT2D eigenvalue weighted by atomic mass is 9.81. The van der Waals surface area contributed by atoms with Crippen LogP contribution in [0.25, 0.3) is 0 Å². The Bertz CT molecular complexity index is 778. The topological polar surface area (TPSA) is 9.23 Å². The quantitative estimate of drug-likeness (QED) is 0.187. The maximum atomic E-state index is 15.0. The van der Waals surface area contributed by atoms with Gasteiger partial charge >= 0.3 is 35.8 Å². The Balaban J connectivity index is 3.66. The zero-order valence-corrected chi connectivity index (χ0v) is 21.3. The predicted molar refractivity (Wildman–Crippen MR) is 108 cm³/mol. The summed E-state index contributed by atoms with van der Waals surface area (Å²) in [6.45, 7) is 10.0. The van der Waals surface area contributed by atoms with Crippen molar-refractivity contribution >= 4 is 8.32 Å². The van der Waals surface area contributed by atoms with E-state index in [0.29, 0.717) is 0 Å². The van der Waals surface area contributed by atoms with Crippen molar-refractivity contribution < 1.29 is 61.5 Å². The van der Waals surface area contributed by atoms with E-state index in [1.54, 1.807) is 41.5 Å². The van der Waals surface area contributed by atoms with Crippen LogP contribution >= 0.6 is 0 Å². The molecule has 1 unspecified atom stereocenters. The Morgan fingerprint density at radius 3 is 1.42 bits per heavy atom. The van der Waals surface area contributed by atoms with E-state index in [9.17, 15) is 48.3 Å². The Labute approximate surface area is 201 Å². The number of allylic oxidation sites excluding steroid dienone is 2. The van der Waals surface area contributed by atoms with Gasteiger partial charge in [-0.1, -0.05) is 41.5 Å². The molecule has 0 radical (unpaired) electrons. The highest BCUT2D eigenvalue weighted by Crippen LogP contribution is 2.62. The molecule has 0 amide bonds. The fourth-order valence-corrected chi connectivity index (χ4v) is 10.2. The lowest BCUT2D eigenvalue weighted by Crippen LogP contribution is -2.71. The molecule has 1 atom stereocenters. The zero-order valence-electron chi connectivity index (χ0n) is 20.3. The Morgan fingerprint density at radius 1 is 0.667 bits per heavy atom. The maximum absolute atomic E-state index is 15.0. The molecule has 36 heavy (non-hydrogen) atoms. The highest BCUT2D eigenvalue weighted by atomic mass is 28.4. The van der Waals surface area contributed by atoms with Crippen molar-refractivity contribution in [1.29, 1.82) is 0 Å². The molecule has 0 aromatic heterocycles. The van der Waals surface area contributed by atoms with Gasteiger partial charge in [0, 0.05) is 0 Å². The minimum absolute atomic E-state index is 0.0229. The molecule has 1 aliphatic rings. The monoisotopic (exact) mass is 572 g/mol. The molecular formula is C21H29F13OSi. The summed E-state index contributed by atoms with van der Waals surface area (Å²) in [6, 6.07) is 0. The third-order valence-corrected chi connectivity index (χ3v) is 12.8. The first kappa shape index (κ1) is 32.9. The molecule has 15 heteroatoms.